The van der Waals surface area contributed by atoms with Gasteiger partial charge in [0, 0.05) is 59.9 Å². The Morgan fingerprint density at radius 3 is 2.59 bits per heavy atom. The van der Waals surface area contributed by atoms with Gasteiger partial charge in [-0.25, -0.2) is 23.4 Å². The predicted molar refractivity (Wildman–Crippen MR) is 194 cm³/mol. The molecule has 4 heterocycles. The van der Waals surface area contributed by atoms with Crippen molar-refractivity contribution in [2.45, 2.75) is 57.5 Å². The molecule has 264 valence electrons. The number of carbonyl (C=O) groups is 1. The van der Waals surface area contributed by atoms with Crippen LogP contribution in [0.3, 0.4) is 0 Å². The fourth-order valence-electron chi connectivity index (χ4n) is 7.33. The van der Waals surface area contributed by atoms with Gasteiger partial charge in [-0.2, -0.15) is 5.10 Å². The number of rotatable bonds is 10. The molecular formula is C38H38ClF2N7O3. The summed E-state index contributed by atoms with van der Waals surface area (Å²) in [5, 5.41) is 11.1. The van der Waals surface area contributed by atoms with Crippen molar-refractivity contribution in [1.82, 2.24) is 30.0 Å². The lowest BCUT2D eigenvalue weighted by molar-refractivity contribution is -0.119. The predicted octanol–water partition coefficient (Wildman–Crippen LogP) is 7.30. The fraction of sp³-hybridized carbons (Fsp3) is 0.342. The molecule has 0 spiro atoms. The smallest absolute Gasteiger partial charge is 0.280 e. The van der Waals surface area contributed by atoms with E-state index in [4.69, 9.17) is 21.3 Å². The van der Waals surface area contributed by atoms with Crippen LogP contribution in [0.1, 0.15) is 60.5 Å². The lowest BCUT2D eigenvalue weighted by atomic mass is 9.96. The number of halogens is 3. The van der Waals surface area contributed by atoms with Crippen LogP contribution in [0, 0.1) is 6.92 Å². The van der Waals surface area contributed by atoms with Crippen LogP contribution >= 0.6 is 11.6 Å². The number of ether oxygens (including phenoxy) is 1. The molecule has 1 aliphatic carbocycles. The maximum atomic E-state index is 13.8. The number of nitrogens with one attached hydrogen (secondary N) is 2. The molecule has 2 N–H and O–H groups in total. The average Bonchev–Trinajstić information content (AvgIpc) is 3.75. The number of carbonyl (C=O) groups excluding carboxylic acids is 1. The zero-order valence-corrected chi connectivity index (χ0v) is 29.5. The standard InChI is InChI=1S/C38H38ClF2N7O3/c1-20-24(7-6-10-27(20)44-36-33-22(18-29(45-36)35(40)41)19-42-48(3)38(33)50)25-8-5-9-26(34(25)39)28-17-21-11-13-30(32(21)37(46-28)51-4)47(2)16-15-23-12-14-31(49)43-23/h5-10,17-19,23,30,35H,11-16H2,1-4H3,(H,43,49)(H,44,45). The zero-order valence-electron chi connectivity index (χ0n) is 28.8. The van der Waals surface area contributed by atoms with E-state index in [0.717, 1.165) is 64.7 Å². The van der Waals surface area contributed by atoms with Gasteiger partial charge in [0.1, 0.15) is 11.5 Å². The minimum Gasteiger partial charge on any atom is -0.481 e. The van der Waals surface area contributed by atoms with Gasteiger partial charge in [-0.3, -0.25) is 14.5 Å². The van der Waals surface area contributed by atoms with Crippen molar-refractivity contribution in [3.63, 3.8) is 0 Å². The van der Waals surface area contributed by atoms with E-state index in [2.05, 4.69) is 38.7 Å². The van der Waals surface area contributed by atoms with Gasteiger partial charge in [0.05, 0.1) is 29.4 Å². The Balaban J connectivity index is 1.21. The summed E-state index contributed by atoms with van der Waals surface area (Å²) in [6.07, 6.45) is 2.72. The number of benzene rings is 2. The number of alkyl halides is 2. The van der Waals surface area contributed by atoms with Crippen LogP contribution in [0.4, 0.5) is 20.3 Å². The Labute approximate surface area is 298 Å². The first-order valence-corrected chi connectivity index (χ1v) is 17.3. The second-order valence-corrected chi connectivity index (χ2v) is 13.6. The number of fused-ring (bicyclic) bond motifs is 2. The van der Waals surface area contributed by atoms with E-state index in [-0.39, 0.29) is 34.6 Å². The molecule has 0 bridgehead atoms. The van der Waals surface area contributed by atoms with Crippen LogP contribution in [0.25, 0.3) is 33.2 Å². The lowest BCUT2D eigenvalue weighted by Gasteiger charge is -2.27. The van der Waals surface area contributed by atoms with Crippen molar-refractivity contribution >= 4 is 39.8 Å². The van der Waals surface area contributed by atoms with Crippen molar-refractivity contribution in [3.05, 3.63) is 92.5 Å². The van der Waals surface area contributed by atoms with Crippen LogP contribution in [0.5, 0.6) is 5.88 Å². The Bertz CT molecular complexity index is 2230. The highest BCUT2D eigenvalue weighted by molar-refractivity contribution is 6.36. The Morgan fingerprint density at radius 1 is 1.08 bits per heavy atom. The van der Waals surface area contributed by atoms with Crippen molar-refractivity contribution in [2.24, 2.45) is 7.05 Å². The zero-order chi connectivity index (χ0) is 36.0. The molecule has 2 aliphatic rings. The van der Waals surface area contributed by atoms with E-state index in [1.807, 2.05) is 37.3 Å². The monoisotopic (exact) mass is 713 g/mol. The number of hydrogen-bond donors (Lipinski definition) is 2. The number of nitrogens with zero attached hydrogens (tertiary/aromatic N) is 5. The van der Waals surface area contributed by atoms with Crippen molar-refractivity contribution in [3.8, 4) is 28.3 Å². The topological polar surface area (TPSA) is 114 Å². The van der Waals surface area contributed by atoms with Gasteiger partial charge in [0.15, 0.2) is 0 Å². The van der Waals surface area contributed by atoms with E-state index in [1.54, 1.807) is 13.2 Å². The highest BCUT2D eigenvalue weighted by Crippen LogP contribution is 2.45. The minimum atomic E-state index is -2.83. The molecule has 10 nitrogen and oxygen atoms in total. The quantitative estimate of drug-likeness (QED) is 0.155. The molecule has 2 atom stereocenters. The molecule has 2 aromatic carbocycles. The van der Waals surface area contributed by atoms with E-state index in [9.17, 15) is 18.4 Å². The van der Waals surface area contributed by atoms with E-state index >= 15 is 0 Å². The molecule has 5 aromatic rings. The molecule has 0 saturated carbocycles. The minimum absolute atomic E-state index is 0.0228. The summed E-state index contributed by atoms with van der Waals surface area (Å²) in [5.74, 6) is 0.723. The fourth-order valence-corrected chi connectivity index (χ4v) is 7.66. The average molecular weight is 714 g/mol. The maximum Gasteiger partial charge on any atom is 0.280 e. The molecule has 3 aromatic heterocycles. The first-order chi connectivity index (χ1) is 24.5. The first kappa shape index (κ1) is 34.5. The van der Waals surface area contributed by atoms with Crippen molar-refractivity contribution in [1.29, 1.82) is 0 Å². The second-order valence-electron chi connectivity index (χ2n) is 13.2. The number of pyridine rings is 2. The Hall–Kier alpha value is -4.94. The Morgan fingerprint density at radius 2 is 1.84 bits per heavy atom. The van der Waals surface area contributed by atoms with Gasteiger partial charge in [-0.15, -0.1) is 0 Å². The summed E-state index contributed by atoms with van der Waals surface area (Å²) < 4.78 is 34.7. The molecule has 7 rings (SSSR count). The summed E-state index contributed by atoms with van der Waals surface area (Å²) in [6, 6.07) is 15.0. The molecule has 1 aliphatic heterocycles. The normalized spacial score (nSPS) is 17.0. The molecular weight excluding hydrogens is 676 g/mol. The van der Waals surface area contributed by atoms with Gasteiger partial charge < -0.3 is 15.4 Å². The van der Waals surface area contributed by atoms with Crippen LogP contribution in [-0.4, -0.2) is 57.3 Å². The molecule has 0 radical (unpaired) electrons. The lowest BCUT2D eigenvalue weighted by Crippen LogP contribution is -2.31. The molecule has 1 amide bonds. The van der Waals surface area contributed by atoms with E-state index in [0.29, 0.717) is 28.7 Å². The molecule has 13 heteroatoms. The summed E-state index contributed by atoms with van der Waals surface area (Å²) in [6.45, 7) is 2.74. The molecule has 2 unspecified atom stereocenters. The number of methoxy groups -OCH3 is 1. The second kappa shape index (κ2) is 14.0. The van der Waals surface area contributed by atoms with Gasteiger partial charge in [0.2, 0.25) is 11.8 Å². The largest absolute Gasteiger partial charge is 0.481 e. The number of hydrogen-bond acceptors (Lipinski definition) is 8. The number of aromatic nitrogens is 4. The van der Waals surface area contributed by atoms with Crippen LogP contribution in [-0.2, 0) is 18.3 Å². The number of anilines is 2. The van der Waals surface area contributed by atoms with Crippen LogP contribution in [0.2, 0.25) is 5.02 Å². The van der Waals surface area contributed by atoms with E-state index < -0.39 is 17.7 Å². The highest BCUT2D eigenvalue weighted by Gasteiger charge is 2.32. The third-order valence-corrected chi connectivity index (χ3v) is 10.5. The van der Waals surface area contributed by atoms with Crippen LogP contribution in [0.15, 0.2) is 59.5 Å². The molecule has 1 saturated heterocycles. The summed E-state index contributed by atoms with van der Waals surface area (Å²) in [5.41, 5.74) is 5.71. The Kier molecular flexibility index (Phi) is 9.47. The maximum absolute atomic E-state index is 13.8. The highest BCUT2D eigenvalue weighted by atomic mass is 35.5. The number of amides is 1. The van der Waals surface area contributed by atoms with Crippen LogP contribution < -0.4 is 20.9 Å². The third-order valence-electron chi connectivity index (χ3n) is 10.1. The number of aryl methyl sites for hydroxylation is 2. The third kappa shape index (κ3) is 6.54. The molecule has 51 heavy (non-hydrogen) atoms. The summed E-state index contributed by atoms with van der Waals surface area (Å²) in [7, 11) is 5.24. The van der Waals surface area contributed by atoms with Crippen molar-refractivity contribution in [2.75, 3.05) is 26.0 Å². The summed E-state index contributed by atoms with van der Waals surface area (Å²) in [4.78, 5) is 36.1. The molecule has 1 fully saturated rings. The first-order valence-electron chi connectivity index (χ1n) is 16.9. The summed E-state index contributed by atoms with van der Waals surface area (Å²) >= 11 is 7.19. The van der Waals surface area contributed by atoms with Gasteiger partial charge in [-0.1, -0.05) is 41.9 Å². The van der Waals surface area contributed by atoms with Crippen molar-refractivity contribution < 1.29 is 18.3 Å². The van der Waals surface area contributed by atoms with Gasteiger partial charge in [-0.05, 0) is 74.5 Å². The van der Waals surface area contributed by atoms with E-state index in [1.165, 1.54) is 24.9 Å². The van der Waals surface area contributed by atoms with Gasteiger partial charge in [0.25, 0.3) is 12.0 Å². The SMILES string of the molecule is COc1nc(-c2cccc(-c3cccc(Nc4nc(C(F)F)cc5cnn(C)c(=O)c45)c3C)c2Cl)cc2c1C(N(C)CCC1CCC(=O)N1)CC2. The van der Waals surface area contributed by atoms with Gasteiger partial charge >= 0.3 is 0 Å².